The Morgan fingerprint density at radius 2 is 1.73 bits per heavy atom. The van der Waals surface area contributed by atoms with Crippen LogP contribution in [0, 0.1) is 6.92 Å². The van der Waals surface area contributed by atoms with Crippen molar-refractivity contribution in [3.05, 3.63) is 118 Å². The Hall–Kier alpha value is -5.03. The molecule has 2 aromatic heterocycles. The van der Waals surface area contributed by atoms with E-state index in [0.29, 0.717) is 33.1 Å². The molecule has 1 unspecified atom stereocenters. The van der Waals surface area contributed by atoms with E-state index in [9.17, 15) is 22.8 Å². The number of fused-ring (bicyclic) bond motifs is 2. The average Bonchev–Trinajstić information content (AvgIpc) is 3.70. The summed E-state index contributed by atoms with van der Waals surface area (Å²) >= 11 is 6.26. The molecule has 0 aliphatic carbocycles. The van der Waals surface area contributed by atoms with Crippen LogP contribution in [0.5, 0.6) is 0 Å². The minimum absolute atomic E-state index is 0.106. The van der Waals surface area contributed by atoms with E-state index in [2.05, 4.69) is 15.6 Å². The van der Waals surface area contributed by atoms with E-state index in [1.807, 2.05) is 48.0 Å². The van der Waals surface area contributed by atoms with Gasteiger partial charge in [0.2, 0.25) is 0 Å². The summed E-state index contributed by atoms with van der Waals surface area (Å²) < 4.78 is 43.0. The Bertz CT molecular complexity index is 1970. The van der Waals surface area contributed by atoms with Crippen molar-refractivity contribution < 1.29 is 22.8 Å². The molecule has 44 heavy (non-hydrogen) atoms. The monoisotopic (exact) mass is 618 g/mol. The van der Waals surface area contributed by atoms with Crippen LogP contribution in [0.3, 0.4) is 0 Å². The molecule has 0 radical (unpaired) electrons. The number of nitrogens with one attached hydrogen (secondary N) is 3. The zero-order valence-corrected chi connectivity index (χ0v) is 24.5. The molecule has 6 rings (SSSR count). The quantitative estimate of drug-likeness (QED) is 0.185. The van der Waals surface area contributed by atoms with Gasteiger partial charge in [0.25, 0.3) is 11.8 Å². The van der Waals surface area contributed by atoms with E-state index in [-0.39, 0.29) is 17.2 Å². The topological polar surface area (TPSA) is 95.0 Å². The summed E-state index contributed by atoms with van der Waals surface area (Å²) in [6.45, 7) is 1.76. The van der Waals surface area contributed by atoms with E-state index >= 15 is 0 Å². The summed E-state index contributed by atoms with van der Waals surface area (Å²) in [4.78, 5) is 36.9. The molecule has 0 saturated carbocycles. The van der Waals surface area contributed by atoms with Gasteiger partial charge in [-0.25, -0.2) is 4.98 Å². The lowest BCUT2D eigenvalue weighted by Gasteiger charge is -2.15. The molecule has 1 aliphatic heterocycles. The summed E-state index contributed by atoms with van der Waals surface area (Å²) in [5.74, 6) is -0.278. The molecule has 1 atom stereocenters. The number of hydrogen-bond donors (Lipinski definition) is 3. The predicted molar refractivity (Wildman–Crippen MR) is 164 cm³/mol. The molecule has 3 N–H and O–H groups in total. The molecule has 0 fully saturated rings. The number of benzene rings is 3. The van der Waals surface area contributed by atoms with Crippen LogP contribution >= 0.6 is 11.6 Å². The lowest BCUT2D eigenvalue weighted by Crippen LogP contribution is -2.19. The molecule has 3 heterocycles. The molecule has 0 bridgehead atoms. The second kappa shape index (κ2) is 10.9. The minimum Gasteiger partial charge on any atom is -0.364 e. The van der Waals surface area contributed by atoms with Gasteiger partial charge in [-0.3, -0.25) is 9.59 Å². The first-order valence-corrected chi connectivity index (χ1v) is 13.9. The summed E-state index contributed by atoms with van der Waals surface area (Å²) in [5.41, 5.74) is 1.45. The van der Waals surface area contributed by atoms with E-state index in [1.54, 1.807) is 31.2 Å². The number of aromatic nitrogens is 3. The SMILES string of the molecule is Cc1c(Cl)cccc1NC(=O)c1cc(NC(=O)c2ccccc2C(F)(F)F)cc2[nH]c(C3C=C(N(C)C)n4cccc43)nc12. The molecular formula is C32H26ClF3N6O2. The summed E-state index contributed by atoms with van der Waals surface area (Å²) in [6.07, 6.45) is -0.741. The third-order valence-electron chi connectivity index (χ3n) is 7.51. The fourth-order valence-corrected chi connectivity index (χ4v) is 5.52. The van der Waals surface area contributed by atoms with Crippen LogP contribution in [0.25, 0.3) is 16.9 Å². The van der Waals surface area contributed by atoms with Crippen LogP contribution in [-0.4, -0.2) is 45.3 Å². The second-order valence-corrected chi connectivity index (χ2v) is 11.0. The molecule has 0 saturated heterocycles. The zero-order chi connectivity index (χ0) is 31.3. The molecular weight excluding hydrogens is 593 g/mol. The average molecular weight is 619 g/mol. The lowest BCUT2D eigenvalue weighted by molar-refractivity contribution is -0.137. The molecule has 2 amide bonds. The fraction of sp³-hybridized carbons (Fsp3) is 0.156. The van der Waals surface area contributed by atoms with Crippen molar-refractivity contribution in [3.8, 4) is 0 Å². The molecule has 8 nitrogen and oxygen atoms in total. The number of rotatable bonds is 6. The van der Waals surface area contributed by atoms with Crippen molar-refractivity contribution in [2.45, 2.75) is 19.0 Å². The number of aromatic amines is 1. The van der Waals surface area contributed by atoms with E-state index in [0.717, 1.165) is 23.6 Å². The van der Waals surface area contributed by atoms with E-state index < -0.39 is 29.1 Å². The van der Waals surface area contributed by atoms with Crippen LogP contribution in [0.2, 0.25) is 5.02 Å². The maximum absolute atomic E-state index is 13.7. The van der Waals surface area contributed by atoms with Crippen molar-refractivity contribution in [2.24, 2.45) is 0 Å². The van der Waals surface area contributed by atoms with Gasteiger partial charge >= 0.3 is 6.18 Å². The molecule has 12 heteroatoms. The standard InChI is InChI=1S/C32H26ClF3N6O2/c1-17-23(33)10-6-11-24(17)39-31(44)21-14-18(37-30(43)19-8-4-5-9-22(19)32(34,35)36)15-25-28(21)40-29(38-25)20-16-27(41(2)3)42-13-7-12-26(20)42/h4-16,20H,1-3H3,(H,37,43)(H,38,40)(H,39,44). The highest BCUT2D eigenvalue weighted by atomic mass is 35.5. The van der Waals surface area contributed by atoms with Gasteiger partial charge in [-0.05, 0) is 67.1 Å². The first-order chi connectivity index (χ1) is 20.9. The summed E-state index contributed by atoms with van der Waals surface area (Å²) in [6, 6.07) is 16.5. The number of carbonyl (C=O) groups excluding carboxylic acids is 2. The highest BCUT2D eigenvalue weighted by Crippen LogP contribution is 2.37. The Kier molecular flexibility index (Phi) is 7.21. The minimum atomic E-state index is -4.73. The van der Waals surface area contributed by atoms with Crippen LogP contribution in [0.4, 0.5) is 24.5 Å². The third-order valence-corrected chi connectivity index (χ3v) is 7.92. The number of allylic oxidation sites excluding steroid dienone is 1. The summed E-state index contributed by atoms with van der Waals surface area (Å²) in [5, 5.41) is 5.86. The highest BCUT2D eigenvalue weighted by Gasteiger charge is 2.35. The lowest BCUT2D eigenvalue weighted by atomic mass is 10.1. The Balaban J connectivity index is 1.44. The van der Waals surface area contributed by atoms with Crippen molar-refractivity contribution in [1.29, 1.82) is 0 Å². The number of H-pyrrole nitrogens is 1. The number of anilines is 2. The van der Waals surface area contributed by atoms with Crippen molar-refractivity contribution >= 4 is 51.6 Å². The second-order valence-electron chi connectivity index (χ2n) is 10.6. The van der Waals surface area contributed by atoms with Gasteiger partial charge < -0.3 is 25.1 Å². The number of hydrogen-bond acceptors (Lipinski definition) is 4. The largest absolute Gasteiger partial charge is 0.417 e. The maximum Gasteiger partial charge on any atom is 0.417 e. The number of alkyl halides is 3. The van der Waals surface area contributed by atoms with Crippen molar-refractivity contribution in [2.75, 3.05) is 24.7 Å². The molecule has 3 aromatic carbocycles. The van der Waals surface area contributed by atoms with Gasteiger partial charge in [-0.15, -0.1) is 0 Å². The molecule has 1 aliphatic rings. The maximum atomic E-state index is 13.7. The smallest absolute Gasteiger partial charge is 0.364 e. The number of amides is 2. The van der Waals surface area contributed by atoms with Gasteiger partial charge in [0.05, 0.1) is 28.1 Å². The van der Waals surface area contributed by atoms with Crippen LogP contribution < -0.4 is 10.6 Å². The number of nitrogens with zero attached hydrogens (tertiary/aromatic N) is 3. The van der Waals surface area contributed by atoms with Crippen LogP contribution in [0.1, 0.15) is 49.3 Å². The van der Waals surface area contributed by atoms with Gasteiger partial charge in [-0.1, -0.05) is 29.8 Å². The summed E-state index contributed by atoms with van der Waals surface area (Å²) in [7, 11) is 3.87. The first-order valence-electron chi connectivity index (χ1n) is 13.6. The van der Waals surface area contributed by atoms with Gasteiger partial charge in [0, 0.05) is 42.4 Å². The first kappa shape index (κ1) is 29.1. The van der Waals surface area contributed by atoms with Gasteiger partial charge in [0.15, 0.2) is 0 Å². The number of carbonyl (C=O) groups is 2. The highest BCUT2D eigenvalue weighted by molar-refractivity contribution is 6.31. The van der Waals surface area contributed by atoms with Gasteiger partial charge in [-0.2, -0.15) is 13.2 Å². The Labute approximate surface area is 255 Å². The number of halogens is 4. The molecule has 224 valence electrons. The molecule has 0 spiro atoms. The Morgan fingerprint density at radius 1 is 0.977 bits per heavy atom. The van der Waals surface area contributed by atoms with Crippen LogP contribution in [0.15, 0.2) is 79.0 Å². The van der Waals surface area contributed by atoms with E-state index in [4.69, 9.17) is 16.6 Å². The fourth-order valence-electron chi connectivity index (χ4n) is 5.34. The molecule has 5 aromatic rings. The van der Waals surface area contributed by atoms with E-state index in [1.165, 1.54) is 18.2 Å². The van der Waals surface area contributed by atoms with Gasteiger partial charge in [0.1, 0.15) is 17.2 Å². The number of imidazole rings is 1. The zero-order valence-electron chi connectivity index (χ0n) is 23.8. The Morgan fingerprint density at radius 3 is 2.48 bits per heavy atom. The normalized spacial score (nSPS) is 14.3. The van der Waals surface area contributed by atoms with Crippen molar-refractivity contribution in [3.63, 3.8) is 0 Å². The van der Waals surface area contributed by atoms with Crippen molar-refractivity contribution in [1.82, 2.24) is 19.4 Å². The van der Waals surface area contributed by atoms with Crippen LogP contribution in [-0.2, 0) is 6.18 Å². The predicted octanol–water partition coefficient (Wildman–Crippen LogP) is 7.36. The third kappa shape index (κ3) is 5.19.